The Morgan fingerprint density at radius 3 is 3.04 bits per heavy atom. The molecule has 0 N–H and O–H groups in total. The van der Waals surface area contributed by atoms with E-state index in [0.29, 0.717) is 31.0 Å². The zero-order valence-corrected chi connectivity index (χ0v) is 14.9. The Bertz CT molecular complexity index is 817. The summed E-state index contributed by atoms with van der Waals surface area (Å²) in [5.74, 6) is -0.0947. The summed E-state index contributed by atoms with van der Waals surface area (Å²) in [6, 6.07) is 5.48. The van der Waals surface area contributed by atoms with Crippen molar-refractivity contribution < 1.29 is 9.53 Å². The number of nitrogens with zero attached hydrogens (tertiary/aromatic N) is 4. The standard InChI is InChI=1S/C15H15BrN4O2S/c1-22-7-6-19(9-12-8-11(16)10-23-12)15(21)13-2-4-17-14-3-5-18-20(13)14/h2-5,8,10H,6-7,9H2,1H3. The number of rotatable bonds is 6. The minimum Gasteiger partial charge on any atom is -0.383 e. The van der Waals surface area contributed by atoms with Crippen LogP contribution in [-0.4, -0.2) is 45.7 Å². The van der Waals surface area contributed by atoms with E-state index < -0.39 is 0 Å². The predicted molar refractivity (Wildman–Crippen MR) is 91.6 cm³/mol. The Kier molecular flexibility index (Phi) is 5.04. The number of methoxy groups -OCH3 is 1. The quantitative estimate of drug-likeness (QED) is 0.644. The highest BCUT2D eigenvalue weighted by Gasteiger charge is 2.20. The summed E-state index contributed by atoms with van der Waals surface area (Å²) in [6.45, 7) is 1.52. The van der Waals surface area contributed by atoms with Crippen LogP contribution in [0.25, 0.3) is 5.65 Å². The van der Waals surface area contributed by atoms with Crippen LogP contribution in [0.1, 0.15) is 15.4 Å². The molecule has 0 aliphatic heterocycles. The summed E-state index contributed by atoms with van der Waals surface area (Å²) >= 11 is 5.06. The van der Waals surface area contributed by atoms with Crippen molar-refractivity contribution in [2.75, 3.05) is 20.3 Å². The van der Waals surface area contributed by atoms with Gasteiger partial charge in [0.15, 0.2) is 5.65 Å². The summed E-state index contributed by atoms with van der Waals surface area (Å²) in [6.07, 6.45) is 3.26. The van der Waals surface area contributed by atoms with E-state index >= 15 is 0 Å². The van der Waals surface area contributed by atoms with Crippen LogP contribution in [0.15, 0.2) is 40.4 Å². The third-order valence-electron chi connectivity index (χ3n) is 3.33. The van der Waals surface area contributed by atoms with E-state index in [1.54, 1.807) is 52.4 Å². The zero-order valence-electron chi connectivity index (χ0n) is 12.5. The topological polar surface area (TPSA) is 59.7 Å². The summed E-state index contributed by atoms with van der Waals surface area (Å²) in [5, 5.41) is 6.19. The molecule has 0 aliphatic carbocycles. The largest absolute Gasteiger partial charge is 0.383 e. The van der Waals surface area contributed by atoms with Crippen molar-refractivity contribution in [3.05, 3.63) is 51.0 Å². The van der Waals surface area contributed by atoms with Gasteiger partial charge >= 0.3 is 0 Å². The lowest BCUT2D eigenvalue weighted by Gasteiger charge is -2.22. The van der Waals surface area contributed by atoms with Gasteiger partial charge in [-0.25, -0.2) is 9.50 Å². The molecule has 0 fully saturated rings. The van der Waals surface area contributed by atoms with Crippen molar-refractivity contribution in [2.45, 2.75) is 6.54 Å². The van der Waals surface area contributed by atoms with Gasteiger partial charge in [-0.2, -0.15) is 5.10 Å². The number of fused-ring (bicyclic) bond motifs is 1. The molecule has 0 aromatic carbocycles. The number of hydrogen-bond acceptors (Lipinski definition) is 5. The molecular formula is C15H15BrN4O2S. The summed E-state index contributed by atoms with van der Waals surface area (Å²) in [5.41, 5.74) is 1.15. The predicted octanol–water partition coefficient (Wildman–Crippen LogP) is 2.84. The zero-order chi connectivity index (χ0) is 16.2. The van der Waals surface area contributed by atoms with Crippen LogP contribution < -0.4 is 0 Å². The summed E-state index contributed by atoms with van der Waals surface area (Å²) < 4.78 is 7.72. The SMILES string of the molecule is COCCN(Cc1cc(Br)cs1)C(=O)c1ccnc2ccnn12. The maximum absolute atomic E-state index is 12.9. The minimum absolute atomic E-state index is 0.0947. The summed E-state index contributed by atoms with van der Waals surface area (Å²) in [4.78, 5) is 20.0. The van der Waals surface area contributed by atoms with E-state index in [-0.39, 0.29) is 5.91 Å². The second kappa shape index (κ2) is 7.20. The average molecular weight is 395 g/mol. The molecule has 0 saturated carbocycles. The highest BCUT2D eigenvalue weighted by atomic mass is 79.9. The van der Waals surface area contributed by atoms with Crippen molar-refractivity contribution in [1.82, 2.24) is 19.5 Å². The lowest BCUT2D eigenvalue weighted by atomic mass is 10.3. The third kappa shape index (κ3) is 3.60. The molecule has 3 aromatic heterocycles. The summed E-state index contributed by atoms with van der Waals surface area (Å²) in [7, 11) is 1.63. The molecule has 0 aliphatic rings. The van der Waals surface area contributed by atoms with Gasteiger partial charge in [-0.1, -0.05) is 0 Å². The molecule has 0 unspecified atom stereocenters. The molecule has 0 radical (unpaired) electrons. The van der Waals surface area contributed by atoms with Crippen molar-refractivity contribution in [3.8, 4) is 0 Å². The van der Waals surface area contributed by atoms with Gasteiger partial charge in [-0.05, 0) is 28.1 Å². The second-order valence-corrected chi connectivity index (χ2v) is 6.79. The van der Waals surface area contributed by atoms with Gasteiger partial charge in [-0.15, -0.1) is 11.3 Å². The highest BCUT2D eigenvalue weighted by molar-refractivity contribution is 9.10. The van der Waals surface area contributed by atoms with Crippen molar-refractivity contribution in [2.24, 2.45) is 0 Å². The Hall–Kier alpha value is -1.77. The van der Waals surface area contributed by atoms with Crippen molar-refractivity contribution in [3.63, 3.8) is 0 Å². The number of ether oxygens (including phenoxy) is 1. The van der Waals surface area contributed by atoms with Gasteiger partial charge < -0.3 is 9.64 Å². The van der Waals surface area contributed by atoms with Crippen LogP contribution in [0, 0.1) is 0 Å². The smallest absolute Gasteiger partial charge is 0.273 e. The number of carbonyl (C=O) groups is 1. The lowest BCUT2D eigenvalue weighted by Crippen LogP contribution is -2.34. The normalized spacial score (nSPS) is 11.0. The molecule has 3 heterocycles. The maximum Gasteiger partial charge on any atom is 0.273 e. The van der Waals surface area contributed by atoms with Crippen LogP contribution in [0.4, 0.5) is 0 Å². The van der Waals surface area contributed by atoms with Crippen LogP contribution in [0.5, 0.6) is 0 Å². The molecule has 23 heavy (non-hydrogen) atoms. The fourth-order valence-corrected chi connectivity index (χ4v) is 3.70. The molecule has 3 rings (SSSR count). The first kappa shape index (κ1) is 16.1. The van der Waals surface area contributed by atoms with Crippen LogP contribution >= 0.6 is 27.3 Å². The van der Waals surface area contributed by atoms with E-state index in [2.05, 4.69) is 26.0 Å². The number of hydrogen-bond donors (Lipinski definition) is 0. The number of amides is 1. The third-order valence-corrected chi connectivity index (χ3v) is 5.01. The second-order valence-electron chi connectivity index (χ2n) is 4.88. The van der Waals surface area contributed by atoms with E-state index in [1.807, 2.05) is 11.4 Å². The first-order valence-corrected chi connectivity index (χ1v) is 8.66. The van der Waals surface area contributed by atoms with Crippen LogP contribution in [0.3, 0.4) is 0 Å². The number of halogens is 1. The lowest BCUT2D eigenvalue weighted by molar-refractivity contribution is 0.0673. The molecule has 0 saturated heterocycles. The Morgan fingerprint density at radius 1 is 1.43 bits per heavy atom. The Balaban J connectivity index is 1.88. The fraction of sp³-hybridized carbons (Fsp3) is 0.267. The molecule has 0 bridgehead atoms. The molecule has 0 atom stereocenters. The fourth-order valence-electron chi connectivity index (χ4n) is 2.24. The van der Waals surface area contributed by atoms with Crippen LogP contribution in [0.2, 0.25) is 0 Å². The molecule has 120 valence electrons. The molecule has 6 nitrogen and oxygen atoms in total. The Morgan fingerprint density at radius 2 is 2.30 bits per heavy atom. The van der Waals surface area contributed by atoms with Crippen LogP contribution in [-0.2, 0) is 11.3 Å². The average Bonchev–Trinajstić information content (AvgIpc) is 3.19. The monoisotopic (exact) mass is 394 g/mol. The van der Waals surface area contributed by atoms with E-state index in [0.717, 1.165) is 9.35 Å². The highest BCUT2D eigenvalue weighted by Crippen LogP contribution is 2.22. The van der Waals surface area contributed by atoms with E-state index in [4.69, 9.17) is 4.74 Å². The number of thiophene rings is 1. The van der Waals surface area contributed by atoms with Gasteiger partial charge in [0.25, 0.3) is 5.91 Å². The number of carbonyl (C=O) groups excluding carboxylic acids is 1. The molecule has 8 heteroatoms. The van der Waals surface area contributed by atoms with E-state index in [1.165, 1.54) is 0 Å². The molecule has 1 amide bonds. The van der Waals surface area contributed by atoms with Crippen molar-refractivity contribution in [1.29, 1.82) is 0 Å². The molecular weight excluding hydrogens is 380 g/mol. The molecule has 3 aromatic rings. The van der Waals surface area contributed by atoms with Gasteiger partial charge in [0.1, 0.15) is 5.69 Å². The molecule has 0 spiro atoms. The van der Waals surface area contributed by atoms with Gasteiger partial charge in [-0.3, -0.25) is 4.79 Å². The van der Waals surface area contributed by atoms with Gasteiger partial charge in [0.2, 0.25) is 0 Å². The van der Waals surface area contributed by atoms with Gasteiger partial charge in [0, 0.05) is 40.6 Å². The first-order valence-electron chi connectivity index (χ1n) is 6.99. The maximum atomic E-state index is 12.9. The number of aromatic nitrogens is 3. The minimum atomic E-state index is -0.0947. The first-order chi connectivity index (χ1) is 11.2. The van der Waals surface area contributed by atoms with Gasteiger partial charge in [0.05, 0.1) is 19.3 Å². The van der Waals surface area contributed by atoms with E-state index in [9.17, 15) is 4.79 Å². The van der Waals surface area contributed by atoms with Crippen molar-refractivity contribution >= 4 is 38.8 Å². The Labute approximate surface area is 145 Å².